The molecule has 0 fully saturated rings. The molecule has 17 heavy (non-hydrogen) atoms. The van der Waals surface area contributed by atoms with Crippen LogP contribution in [0.1, 0.15) is 31.3 Å². The van der Waals surface area contributed by atoms with Crippen molar-refractivity contribution < 1.29 is 17.9 Å². The van der Waals surface area contributed by atoms with Crippen LogP contribution in [0.5, 0.6) is 0 Å². The van der Waals surface area contributed by atoms with Gasteiger partial charge < -0.3 is 9.72 Å². The molecule has 1 rings (SSSR count). The first-order chi connectivity index (χ1) is 7.71. The molecule has 0 amide bonds. The largest absolute Gasteiger partial charge is 0.458 e. The number of carbonyl (C=O) groups is 1. The first-order valence-corrected chi connectivity index (χ1v) is 7.37. The third kappa shape index (κ3) is 3.74. The number of aromatic nitrogens is 1. The highest BCUT2D eigenvalue weighted by molar-refractivity contribution is 8.13. The number of aromatic amines is 1. The Bertz CT molecular complexity index is 506. The minimum absolute atomic E-state index is 0.0664. The minimum Gasteiger partial charge on any atom is -0.458 e. The molecule has 5 nitrogen and oxygen atoms in total. The fourth-order valence-corrected chi connectivity index (χ4v) is 1.73. The zero-order chi connectivity index (χ0) is 13.2. The molecule has 0 aliphatic carbocycles. The molecule has 1 aromatic rings. The van der Waals surface area contributed by atoms with Gasteiger partial charge >= 0.3 is 5.97 Å². The van der Waals surface area contributed by atoms with Crippen molar-refractivity contribution in [3.05, 3.63) is 18.0 Å². The molecular weight excluding hydrogens is 266 g/mol. The van der Waals surface area contributed by atoms with E-state index < -0.39 is 15.0 Å². The fourth-order valence-electron chi connectivity index (χ4n) is 1.00. The molecule has 0 saturated carbocycles. The summed E-state index contributed by atoms with van der Waals surface area (Å²) in [5.41, 5.74) is 0.0664. The summed E-state index contributed by atoms with van der Waals surface area (Å²) < 4.78 is 27.1. The van der Waals surface area contributed by atoms with Crippen LogP contribution in [0.4, 0.5) is 0 Å². The third-order valence-electron chi connectivity index (χ3n) is 2.39. The van der Waals surface area contributed by atoms with Crippen molar-refractivity contribution in [3.63, 3.8) is 0 Å². The molecule has 1 N–H and O–H groups in total. The molecule has 1 aromatic heterocycles. The number of ether oxygens (including phenoxy) is 1. The molecule has 7 heteroatoms. The van der Waals surface area contributed by atoms with Gasteiger partial charge in [0.25, 0.3) is 9.05 Å². The number of carbonyl (C=O) groups excluding carboxylic acids is 1. The first kappa shape index (κ1) is 14.1. The van der Waals surface area contributed by atoms with Crippen LogP contribution in [0.3, 0.4) is 0 Å². The topological polar surface area (TPSA) is 76.2 Å². The van der Waals surface area contributed by atoms with E-state index in [2.05, 4.69) is 4.98 Å². The molecule has 1 heterocycles. The summed E-state index contributed by atoms with van der Waals surface area (Å²) >= 11 is 0. The Kier molecular flexibility index (Phi) is 4.21. The Morgan fingerprint density at radius 3 is 2.41 bits per heavy atom. The van der Waals surface area contributed by atoms with E-state index in [9.17, 15) is 13.2 Å². The number of hydrogen-bond donors (Lipinski definition) is 1. The van der Waals surface area contributed by atoms with Gasteiger partial charge in [0.05, 0.1) is 0 Å². The molecule has 0 aliphatic heterocycles. The van der Waals surface area contributed by atoms with Gasteiger partial charge in [-0.05, 0) is 18.9 Å². The van der Waals surface area contributed by atoms with Crippen molar-refractivity contribution in [3.8, 4) is 0 Å². The second-order valence-corrected chi connectivity index (χ2v) is 6.61. The highest BCUT2D eigenvalue weighted by atomic mass is 35.7. The smallest absolute Gasteiger partial charge is 0.355 e. The molecule has 0 radical (unpaired) electrons. The van der Waals surface area contributed by atoms with E-state index in [1.54, 1.807) is 6.92 Å². The standard InChI is InChI=1S/C10H14ClNO4S/c1-6(2)7(3)16-10(13)9-4-8(5-12-9)17(11,14)15/h4-7,12H,1-3H3. The van der Waals surface area contributed by atoms with Crippen LogP contribution in [0.25, 0.3) is 0 Å². The second kappa shape index (κ2) is 5.10. The van der Waals surface area contributed by atoms with Crippen molar-refractivity contribution in [2.75, 3.05) is 0 Å². The van der Waals surface area contributed by atoms with Gasteiger partial charge in [-0.2, -0.15) is 0 Å². The van der Waals surface area contributed by atoms with E-state index in [0.717, 1.165) is 12.3 Å². The van der Waals surface area contributed by atoms with Gasteiger partial charge in [0.1, 0.15) is 16.7 Å². The fraction of sp³-hybridized carbons (Fsp3) is 0.500. The molecule has 1 atom stereocenters. The Balaban J connectivity index is 2.81. The zero-order valence-electron chi connectivity index (χ0n) is 9.73. The van der Waals surface area contributed by atoms with Gasteiger partial charge in [-0.3, -0.25) is 0 Å². The Labute approximate surface area is 105 Å². The highest BCUT2D eigenvalue weighted by Gasteiger charge is 2.19. The van der Waals surface area contributed by atoms with Gasteiger partial charge in [0, 0.05) is 16.9 Å². The van der Waals surface area contributed by atoms with E-state index in [4.69, 9.17) is 15.4 Å². The van der Waals surface area contributed by atoms with Gasteiger partial charge in [-0.25, -0.2) is 13.2 Å². The number of H-pyrrole nitrogens is 1. The van der Waals surface area contributed by atoms with E-state index in [1.165, 1.54) is 0 Å². The van der Waals surface area contributed by atoms with Crippen LogP contribution in [-0.2, 0) is 13.8 Å². The monoisotopic (exact) mass is 279 g/mol. The van der Waals surface area contributed by atoms with Gasteiger partial charge in [-0.15, -0.1) is 0 Å². The van der Waals surface area contributed by atoms with Gasteiger partial charge in [0.15, 0.2) is 0 Å². The van der Waals surface area contributed by atoms with Crippen LogP contribution >= 0.6 is 10.7 Å². The average molecular weight is 280 g/mol. The maximum Gasteiger partial charge on any atom is 0.355 e. The number of esters is 1. The summed E-state index contributed by atoms with van der Waals surface area (Å²) in [4.78, 5) is 14.0. The predicted octanol–water partition coefficient (Wildman–Crippen LogP) is 2.14. The molecule has 1 unspecified atom stereocenters. The molecule has 0 saturated heterocycles. The van der Waals surface area contributed by atoms with E-state index in [-0.39, 0.29) is 22.6 Å². The number of hydrogen-bond acceptors (Lipinski definition) is 4. The molecular formula is C10H14ClNO4S. The van der Waals surface area contributed by atoms with Crippen molar-refractivity contribution in [1.29, 1.82) is 0 Å². The molecule has 0 aromatic carbocycles. The van der Waals surface area contributed by atoms with Crippen molar-refractivity contribution in [1.82, 2.24) is 4.98 Å². The lowest BCUT2D eigenvalue weighted by Crippen LogP contribution is -2.20. The van der Waals surface area contributed by atoms with Crippen LogP contribution in [0.2, 0.25) is 0 Å². The zero-order valence-corrected chi connectivity index (χ0v) is 11.3. The summed E-state index contributed by atoms with van der Waals surface area (Å²) in [7, 11) is 1.31. The number of nitrogens with one attached hydrogen (secondary N) is 1. The van der Waals surface area contributed by atoms with Crippen molar-refractivity contribution >= 4 is 25.7 Å². The van der Waals surface area contributed by atoms with E-state index >= 15 is 0 Å². The maximum absolute atomic E-state index is 11.6. The average Bonchev–Trinajstić information content (AvgIpc) is 2.65. The van der Waals surface area contributed by atoms with Crippen LogP contribution in [-0.4, -0.2) is 25.5 Å². The van der Waals surface area contributed by atoms with Crippen LogP contribution in [0.15, 0.2) is 17.2 Å². The highest BCUT2D eigenvalue weighted by Crippen LogP contribution is 2.17. The lowest BCUT2D eigenvalue weighted by atomic mass is 10.1. The van der Waals surface area contributed by atoms with E-state index in [0.29, 0.717) is 0 Å². The Morgan fingerprint density at radius 2 is 2.00 bits per heavy atom. The summed E-state index contributed by atoms with van der Waals surface area (Å²) in [5.74, 6) is -0.414. The summed E-state index contributed by atoms with van der Waals surface area (Å²) in [5, 5.41) is 0. The summed E-state index contributed by atoms with van der Waals surface area (Å²) in [6, 6.07) is 1.15. The first-order valence-electron chi connectivity index (χ1n) is 5.06. The van der Waals surface area contributed by atoms with Crippen molar-refractivity contribution in [2.24, 2.45) is 5.92 Å². The van der Waals surface area contributed by atoms with Crippen LogP contribution in [0, 0.1) is 5.92 Å². The second-order valence-electron chi connectivity index (χ2n) is 4.04. The summed E-state index contributed by atoms with van der Waals surface area (Å²) in [6.45, 7) is 5.60. The molecule has 0 spiro atoms. The third-order valence-corrected chi connectivity index (χ3v) is 3.72. The quantitative estimate of drug-likeness (QED) is 0.677. The van der Waals surface area contributed by atoms with Crippen LogP contribution < -0.4 is 0 Å². The van der Waals surface area contributed by atoms with E-state index in [1.807, 2.05) is 13.8 Å². The van der Waals surface area contributed by atoms with Gasteiger partial charge in [-0.1, -0.05) is 13.8 Å². The minimum atomic E-state index is -3.83. The maximum atomic E-state index is 11.6. The Hall–Kier alpha value is -1.01. The lowest BCUT2D eigenvalue weighted by Gasteiger charge is -2.15. The van der Waals surface area contributed by atoms with Gasteiger partial charge in [0.2, 0.25) is 0 Å². The SMILES string of the molecule is CC(C)C(C)OC(=O)c1cc(S(=O)(=O)Cl)c[nH]1. The number of halogens is 1. The number of rotatable bonds is 4. The normalized spacial score (nSPS) is 13.7. The molecule has 0 aliphatic rings. The van der Waals surface area contributed by atoms with Crippen molar-refractivity contribution in [2.45, 2.75) is 31.8 Å². The molecule has 96 valence electrons. The molecule has 0 bridgehead atoms. The predicted molar refractivity (Wildman–Crippen MR) is 63.5 cm³/mol. The Morgan fingerprint density at radius 1 is 1.41 bits per heavy atom. The lowest BCUT2D eigenvalue weighted by molar-refractivity contribution is 0.0232. The summed E-state index contributed by atoms with van der Waals surface area (Å²) in [6.07, 6.45) is 0.903.